The van der Waals surface area contributed by atoms with Gasteiger partial charge in [-0.1, -0.05) is 11.6 Å². The van der Waals surface area contributed by atoms with Gasteiger partial charge in [-0.15, -0.1) is 0 Å². The molecule has 0 aliphatic carbocycles. The van der Waals surface area contributed by atoms with Crippen molar-refractivity contribution in [3.05, 3.63) is 28.8 Å². The third kappa shape index (κ3) is 3.70. The number of aryl methyl sites for hydroxylation is 1. The van der Waals surface area contributed by atoms with Gasteiger partial charge in [0.05, 0.1) is 12.6 Å². The van der Waals surface area contributed by atoms with Gasteiger partial charge >= 0.3 is 0 Å². The van der Waals surface area contributed by atoms with Crippen molar-refractivity contribution in [1.82, 2.24) is 5.32 Å². The molecule has 1 aromatic rings. The zero-order valence-corrected chi connectivity index (χ0v) is 9.71. The number of hydrogen-bond acceptors (Lipinski definition) is 3. The van der Waals surface area contributed by atoms with Crippen molar-refractivity contribution in [2.24, 2.45) is 0 Å². The predicted molar refractivity (Wildman–Crippen MR) is 61.6 cm³/mol. The third-order valence-electron chi connectivity index (χ3n) is 2.21. The van der Waals surface area contributed by atoms with Gasteiger partial charge in [-0.05, 0) is 37.7 Å². The van der Waals surface area contributed by atoms with Crippen LogP contribution in [0.25, 0.3) is 0 Å². The summed E-state index contributed by atoms with van der Waals surface area (Å²) in [6, 6.07) is 5.43. The van der Waals surface area contributed by atoms with E-state index in [2.05, 4.69) is 5.32 Å². The van der Waals surface area contributed by atoms with Gasteiger partial charge in [0.1, 0.15) is 12.4 Å². The molecule has 1 atom stereocenters. The van der Waals surface area contributed by atoms with E-state index in [1.807, 2.05) is 19.1 Å². The van der Waals surface area contributed by atoms with E-state index in [0.717, 1.165) is 11.3 Å². The predicted octanol–water partition coefficient (Wildman–Crippen LogP) is 1.61. The molecule has 0 saturated carbocycles. The number of nitrogens with one attached hydrogen (secondary N) is 1. The molecule has 0 fully saturated rings. The molecular weight excluding hydrogens is 214 g/mol. The second kappa shape index (κ2) is 5.95. The van der Waals surface area contributed by atoms with E-state index in [-0.39, 0.29) is 12.6 Å². The Morgan fingerprint density at radius 3 is 2.80 bits per heavy atom. The van der Waals surface area contributed by atoms with Gasteiger partial charge in [0.15, 0.2) is 0 Å². The lowest BCUT2D eigenvalue weighted by atomic mass is 10.2. The maximum Gasteiger partial charge on any atom is 0.122 e. The smallest absolute Gasteiger partial charge is 0.122 e. The van der Waals surface area contributed by atoms with E-state index in [9.17, 15) is 0 Å². The Labute approximate surface area is 95.0 Å². The first-order valence-electron chi connectivity index (χ1n) is 4.84. The number of aliphatic hydroxyl groups is 1. The summed E-state index contributed by atoms with van der Waals surface area (Å²) in [5.74, 6) is 0.799. The zero-order chi connectivity index (χ0) is 11.3. The lowest BCUT2D eigenvalue weighted by Gasteiger charge is -2.15. The van der Waals surface area contributed by atoms with Crippen LogP contribution in [0.15, 0.2) is 18.2 Å². The first-order valence-corrected chi connectivity index (χ1v) is 5.22. The van der Waals surface area contributed by atoms with Gasteiger partial charge in [0.2, 0.25) is 0 Å². The van der Waals surface area contributed by atoms with Crippen LogP contribution in [-0.2, 0) is 0 Å². The molecule has 1 unspecified atom stereocenters. The molecular formula is C11H16ClNO2. The van der Waals surface area contributed by atoms with Crippen LogP contribution in [0.5, 0.6) is 5.75 Å². The van der Waals surface area contributed by atoms with Gasteiger partial charge < -0.3 is 15.2 Å². The van der Waals surface area contributed by atoms with Crippen LogP contribution >= 0.6 is 11.6 Å². The van der Waals surface area contributed by atoms with Crippen LogP contribution in [-0.4, -0.2) is 31.4 Å². The van der Waals surface area contributed by atoms with Crippen molar-refractivity contribution in [2.75, 3.05) is 20.3 Å². The van der Waals surface area contributed by atoms with E-state index in [1.165, 1.54) is 0 Å². The number of ether oxygens (including phenoxy) is 1. The molecule has 0 aromatic heterocycles. The standard InChI is InChI=1S/C11H16ClNO2/c1-8-5-9(12)3-4-11(8)15-7-10(6-14)13-2/h3-5,10,13-14H,6-7H2,1-2H3. The molecule has 0 heterocycles. The Hall–Kier alpha value is -0.770. The quantitative estimate of drug-likeness (QED) is 0.806. The Balaban J connectivity index is 2.57. The molecule has 3 nitrogen and oxygen atoms in total. The van der Waals surface area contributed by atoms with Crippen molar-refractivity contribution in [3.8, 4) is 5.75 Å². The summed E-state index contributed by atoms with van der Waals surface area (Å²) in [5.41, 5.74) is 0.996. The van der Waals surface area contributed by atoms with Crippen molar-refractivity contribution >= 4 is 11.6 Å². The van der Waals surface area contributed by atoms with Crippen LogP contribution in [0.4, 0.5) is 0 Å². The molecule has 2 N–H and O–H groups in total. The first kappa shape index (κ1) is 12.3. The minimum Gasteiger partial charge on any atom is -0.492 e. The van der Waals surface area contributed by atoms with Gasteiger partial charge in [0, 0.05) is 5.02 Å². The Kier molecular flexibility index (Phi) is 4.88. The maximum absolute atomic E-state index is 8.95. The average molecular weight is 230 g/mol. The lowest BCUT2D eigenvalue weighted by molar-refractivity contribution is 0.188. The summed E-state index contributed by atoms with van der Waals surface area (Å²) in [5, 5.41) is 12.6. The summed E-state index contributed by atoms with van der Waals surface area (Å²) in [7, 11) is 1.79. The summed E-state index contributed by atoms with van der Waals surface area (Å²) >= 11 is 5.83. The summed E-state index contributed by atoms with van der Waals surface area (Å²) in [6.45, 7) is 2.44. The van der Waals surface area contributed by atoms with Gasteiger partial charge in [-0.25, -0.2) is 0 Å². The van der Waals surface area contributed by atoms with E-state index < -0.39 is 0 Å². The number of hydrogen-bond donors (Lipinski definition) is 2. The van der Waals surface area contributed by atoms with Crippen molar-refractivity contribution < 1.29 is 9.84 Å². The van der Waals surface area contributed by atoms with Crippen LogP contribution in [0.1, 0.15) is 5.56 Å². The summed E-state index contributed by atoms with van der Waals surface area (Å²) in [6.07, 6.45) is 0. The monoisotopic (exact) mass is 229 g/mol. The molecule has 15 heavy (non-hydrogen) atoms. The molecule has 4 heteroatoms. The molecule has 0 saturated heterocycles. The fourth-order valence-electron chi connectivity index (χ4n) is 1.19. The van der Waals surface area contributed by atoms with Crippen LogP contribution in [0, 0.1) is 6.92 Å². The van der Waals surface area contributed by atoms with E-state index in [4.69, 9.17) is 21.4 Å². The van der Waals surface area contributed by atoms with Gasteiger partial charge in [0.25, 0.3) is 0 Å². The fourth-order valence-corrected chi connectivity index (χ4v) is 1.42. The molecule has 0 aliphatic heterocycles. The molecule has 84 valence electrons. The fraction of sp³-hybridized carbons (Fsp3) is 0.455. The minimum absolute atomic E-state index is 0.0416. The minimum atomic E-state index is -0.0416. The van der Waals surface area contributed by atoms with E-state index >= 15 is 0 Å². The highest BCUT2D eigenvalue weighted by Crippen LogP contribution is 2.21. The second-order valence-corrected chi connectivity index (χ2v) is 3.83. The Morgan fingerprint density at radius 1 is 1.53 bits per heavy atom. The van der Waals surface area contributed by atoms with E-state index in [1.54, 1.807) is 13.1 Å². The molecule has 0 aliphatic rings. The molecule has 0 spiro atoms. The number of halogens is 1. The third-order valence-corrected chi connectivity index (χ3v) is 2.44. The highest BCUT2D eigenvalue weighted by Gasteiger charge is 2.06. The first-order chi connectivity index (χ1) is 7.17. The number of likely N-dealkylation sites (N-methyl/N-ethyl adjacent to an activating group) is 1. The summed E-state index contributed by atoms with van der Waals surface area (Å²) < 4.78 is 5.55. The number of aliphatic hydroxyl groups excluding tert-OH is 1. The van der Waals surface area contributed by atoms with Crippen LogP contribution in [0.2, 0.25) is 5.02 Å². The molecule has 1 aromatic carbocycles. The van der Waals surface area contributed by atoms with Crippen molar-refractivity contribution in [3.63, 3.8) is 0 Å². The SMILES string of the molecule is CNC(CO)COc1ccc(Cl)cc1C. The molecule has 1 rings (SSSR count). The Morgan fingerprint density at radius 2 is 2.27 bits per heavy atom. The number of benzene rings is 1. The van der Waals surface area contributed by atoms with Crippen molar-refractivity contribution in [1.29, 1.82) is 0 Å². The van der Waals surface area contributed by atoms with E-state index in [0.29, 0.717) is 11.6 Å². The number of rotatable bonds is 5. The van der Waals surface area contributed by atoms with Gasteiger partial charge in [-0.2, -0.15) is 0 Å². The largest absolute Gasteiger partial charge is 0.492 e. The highest BCUT2D eigenvalue weighted by atomic mass is 35.5. The van der Waals surface area contributed by atoms with Gasteiger partial charge in [-0.3, -0.25) is 0 Å². The normalized spacial score (nSPS) is 12.5. The average Bonchev–Trinajstić information content (AvgIpc) is 2.22. The molecule has 0 radical (unpaired) electrons. The molecule has 0 bridgehead atoms. The topological polar surface area (TPSA) is 41.5 Å². The molecule has 0 amide bonds. The maximum atomic E-state index is 8.95. The second-order valence-electron chi connectivity index (χ2n) is 3.39. The zero-order valence-electron chi connectivity index (χ0n) is 8.96. The Bertz CT molecular complexity index is 313. The highest BCUT2D eigenvalue weighted by molar-refractivity contribution is 6.30. The van der Waals surface area contributed by atoms with Crippen LogP contribution < -0.4 is 10.1 Å². The van der Waals surface area contributed by atoms with Crippen LogP contribution in [0.3, 0.4) is 0 Å². The van der Waals surface area contributed by atoms with Crippen molar-refractivity contribution in [2.45, 2.75) is 13.0 Å². The lowest BCUT2D eigenvalue weighted by Crippen LogP contribution is -2.35. The summed E-state index contributed by atoms with van der Waals surface area (Å²) in [4.78, 5) is 0.